The number of rotatable bonds is 1. The Morgan fingerprint density at radius 1 is 1.38 bits per heavy atom. The molecule has 2 heterocycles. The molecule has 0 saturated carbocycles. The lowest BCUT2D eigenvalue weighted by molar-refractivity contribution is 1.27. The molecule has 66 valence electrons. The highest BCUT2D eigenvalue weighted by Crippen LogP contribution is 2.21. The van der Waals surface area contributed by atoms with Crippen LogP contribution in [-0.2, 0) is 0 Å². The van der Waals surface area contributed by atoms with Gasteiger partial charge in [-0.3, -0.25) is 0 Å². The predicted molar refractivity (Wildman–Crippen MR) is 56.8 cm³/mol. The molecule has 0 saturated heterocycles. The molecule has 1 N–H and O–H groups in total. The van der Waals surface area contributed by atoms with Crippen LogP contribution in [0, 0.1) is 0 Å². The number of hydrogen-bond acceptors (Lipinski definition) is 3. The number of pyridine rings is 2. The molecule has 0 unspecified atom stereocenters. The zero-order chi connectivity index (χ0) is 9.26. The van der Waals surface area contributed by atoms with Gasteiger partial charge in [0.05, 0.1) is 0 Å². The Balaban J connectivity index is 2.77. The SMILES string of the molecule is CNc1nccc2cc(Br)ncc12. The molecule has 0 spiro atoms. The molecule has 4 heteroatoms. The third-order valence-electron chi connectivity index (χ3n) is 1.85. The highest BCUT2D eigenvalue weighted by atomic mass is 79.9. The number of halogens is 1. The molecular weight excluding hydrogens is 230 g/mol. The Kier molecular flexibility index (Phi) is 2.14. The average Bonchev–Trinajstić information content (AvgIpc) is 2.16. The van der Waals surface area contributed by atoms with Crippen molar-refractivity contribution in [2.45, 2.75) is 0 Å². The highest BCUT2D eigenvalue weighted by Gasteiger charge is 2.00. The molecule has 0 aromatic carbocycles. The summed E-state index contributed by atoms with van der Waals surface area (Å²) in [5, 5.41) is 5.18. The van der Waals surface area contributed by atoms with Gasteiger partial charge in [0.2, 0.25) is 0 Å². The fourth-order valence-corrected chi connectivity index (χ4v) is 1.59. The maximum atomic E-state index is 4.19. The minimum atomic E-state index is 0.841. The summed E-state index contributed by atoms with van der Waals surface area (Å²) in [7, 11) is 1.85. The molecule has 2 aromatic heterocycles. The lowest BCUT2D eigenvalue weighted by Crippen LogP contribution is -1.93. The monoisotopic (exact) mass is 237 g/mol. The smallest absolute Gasteiger partial charge is 0.135 e. The lowest BCUT2D eigenvalue weighted by atomic mass is 10.2. The van der Waals surface area contributed by atoms with Crippen LogP contribution in [0.15, 0.2) is 29.1 Å². The largest absolute Gasteiger partial charge is 0.373 e. The molecule has 0 aliphatic carbocycles. The third kappa shape index (κ3) is 1.49. The first-order valence-corrected chi connectivity index (χ1v) is 4.68. The van der Waals surface area contributed by atoms with E-state index in [0.717, 1.165) is 21.2 Å². The first-order chi connectivity index (χ1) is 6.31. The van der Waals surface area contributed by atoms with Crippen molar-refractivity contribution < 1.29 is 0 Å². The maximum Gasteiger partial charge on any atom is 0.135 e. The number of aromatic nitrogens is 2. The van der Waals surface area contributed by atoms with Crippen LogP contribution in [-0.4, -0.2) is 17.0 Å². The van der Waals surface area contributed by atoms with E-state index in [9.17, 15) is 0 Å². The summed E-state index contributed by atoms with van der Waals surface area (Å²) in [5.41, 5.74) is 0. The fourth-order valence-electron chi connectivity index (χ4n) is 1.24. The summed E-state index contributed by atoms with van der Waals surface area (Å²) in [6.45, 7) is 0. The molecule has 0 fully saturated rings. The van der Waals surface area contributed by atoms with E-state index >= 15 is 0 Å². The zero-order valence-corrected chi connectivity index (χ0v) is 8.67. The number of fused-ring (bicyclic) bond motifs is 1. The molecule has 0 bridgehead atoms. The van der Waals surface area contributed by atoms with Crippen molar-refractivity contribution in [3.63, 3.8) is 0 Å². The van der Waals surface area contributed by atoms with Crippen LogP contribution >= 0.6 is 15.9 Å². The van der Waals surface area contributed by atoms with E-state index in [1.165, 1.54) is 0 Å². The quantitative estimate of drug-likeness (QED) is 0.775. The molecule has 0 aliphatic rings. The van der Waals surface area contributed by atoms with E-state index in [1.807, 2.05) is 19.2 Å². The van der Waals surface area contributed by atoms with Crippen LogP contribution in [0.25, 0.3) is 10.8 Å². The van der Waals surface area contributed by atoms with E-state index in [0.29, 0.717) is 0 Å². The molecule has 0 radical (unpaired) electrons. The van der Waals surface area contributed by atoms with Crippen molar-refractivity contribution in [2.24, 2.45) is 0 Å². The van der Waals surface area contributed by atoms with Gasteiger partial charge in [-0.05, 0) is 33.4 Å². The van der Waals surface area contributed by atoms with Crippen molar-refractivity contribution in [2.75, 3.05) is 12.4 Å². The van der Waals surface area contributed by atoms with Crippen LogP contribution < -0.4 is 5.32 Å². The van der Waals surface area contributed by atoms with Gasteiger partial charge in [-0.15, -0.1) is 0 Å². The average molecular weight is 238 g/mol. The fraction of sp³-hybridized carbons (Fsp3) is 0.111. The van der Waals surface area contributed by atoms with Crippen molar-refractivity contribution >= 4 is 32.5 Å². The second-order valence-electron chi connectivity index (χ2n) is 2.64. The van der Waals surface area contributed by atoms with Crippen molar-refractivity contribution in [1.82, 2.24) is 9.97 Å². The van der Waals surface area contributed by atoms with Gasteiger partial charge in [-0.1, -0.05) is 0 Å². The van der Waals surface area contributed by atoms with Crippen molar-refractivity contribution in [1.29, 1.82) is 0 Å². The number of nitrogens with one attached hydrogen (secondary N) is 1. The molecule has 0 amide bonds. The number of hydrogen-bond donors (Lipinski definition) is 1. The van der Waals surface area contributed by atoms with Gasteiger partial charge in [0.15, 0.2) is 0 Å². The van der Waals surface area contributed by atoms with Gasteiger partial charge in [-0.25, -0.2) is 9.97 Å². The summed E-state index contributed by atoms with van der Waals surface area (Å²) >= 11 is 3.33. The molecule has 13 heavy (non-hydrogen) atoms. The second kappa shape index (κ2) is 3.30. The number of anilines is 1. The summed E-state index contributed by atoms with van der Waals surface area (Å²) in [4.78, 5) is 8.34. The highest BCUT2D eigenvalue weighted by molar-refractivity contribution is 9.10. The Morgan fingerprint density at radius 3 is 3.00 bits per heavy atom. The maximum absolute atomic E-state index is 4.19. The summed E-state index contributed by atoms with van der Waals surface area (Å²) in [5.74, 6) is 0.859. The van der Waals surface area contributed by atoms with Gasteiger partial charge in [0, 0.05) is 24.8 Å². The van der Waals surface area contributed by atoms with Crippen LogP contribution in [0.2, 0.25) is 0 Å². The van der Waals surface area contributed by atoms with Crippen LogP contribution in [0.5, 0.6) is 0 Å². The zero-order valence-electron chi connectivity index (χ0n) is 7.08. The van der Waals surface area contributed by atoms with E-state index < -0.39 is 0 Å². The standard InChI is InChI=1S/C9H8BrN3/c1-11-9-7-5-13-8(10)4-6(7)2-3-12-9/h2-5H,1H3,(H,11,12). The Bertz CT molecular complexity index is 442. The summed E-state index contributed by atoms with van der Waals surface area (Å²) in [6, 6.07) is 3.93. The number of nitrogens with zero attached hydrogens (tertiary/aromatic N) is 2. The van der Waals surface area contributed by atoms with Gasteiger partial charge < -0.3 is 5.32 Å². The Labute approximate surface area is 84.3 Å². The van der Waals surface area contributed by atoms with Gasteiger partial charge in [0.1, 0.15) is 10.4 Å². The first-order valence-electron chi connectivity index (χ1n) is 3.89. The molecule has 0 atom stereocenters. The molecule has 2 rings (SSSR count). The van der Waals surface area contributed by atoms with E-state index in [1.54, 1.807) is 12.4 Å². The molecule has 0 aliphatic heterocycles. The molecular formula is C9H8BrN3. The van der Waals surface area contributed by atoms with Gasteiger partial charge >= 0.3 is 0 Å². The lowest BCUT2D eigenvalue weighted by Gasteiger charge is -2.03. The Morgan fingerprint density at radius 2 is 2.23 bits per heavy atom. The first kappa shape index (κ1) is 8.44. The topological polar surface area (TPSA) is 37.8 Å². The third-order valence-corrected chi connectivity index (χ3v) is 2.29. The van der Waals surface area contributed by atoms with E-state index in [4.69, 9.17) is 0 Å². The summed E-state index contributed by atoms with van der Waals surface area (Å²) < 4.78 is 0.841. The van der Waals surface area contributed by atoms with Crippen LogP contribution in [0.1, 0.15) is 0 Å². The van der Waals surface area contributed by atoms with Crippen molar-refractivity contribution in [3.8, 4) is 0 Å². The molecule has 3 nitrogen and oxygen atoms in total. The minimum absolute atomic E-state index is 0.841. The van der Waals surface area contributed by atoms with E-state index in [2.05, 4.69) is 31.2 Å². The Hall–Kier alpha value is -1.16. The summed E-state index contributed by atoms with van der Waals surface area (Å²) in [6.07, 6.45) is 3.58. The normalized spacial score (nSPS) is 10.3. The second-order valence-corrected chi connectivity index (χ2v) is 3.45. The van der Waals surface area contributed by atoms with Crippen LogP contribution in [0.3, 0.4) is 0 Å². The minimum Gasteiger partial charge on any atom is -0.373 e. The molecule has 2 aromatic rings. The predicted octanol–water partition coefficient (Wildman–Crippen LogP) is 2.43. The van der Waals surface area contributed by atoms with Gasteiger partial charge in [0.25, 0.3) is 0 Å². The van der Waals surface area contributed by atoms with Crippen LogP contribution in [0.4, 0.5) is 5.82 Å². The van der Waals surface area contributed by atoms with Gasteiger partial charge in [-0.2, -0.15) is 0 Å². The van der Waals surface area contributed by atoms with E-state index in [-0.39, 0.29) is 0 Å². The van der Waals surface area contributed by atoms with Crippen molar-refractivity contribution in [3.05, 3.63) is 29.1 Å².